The molecule has 0 spiro atoms. The zero-order valence-electron chi connectivity index (χ0n) is 20.8. The number of nitrogens with zero attached hydrogens (tertiary/aromatic N) is 2. The highest BCUT2D eigenvalue weighted by Gasteiger charge is 2.33. The highest BCUT2D eigenvalue weighted by Crippen LogP contribution is 2.29. The number of carbonyl (C=O) groups is 2. The Kier molecular flexibility index (Phi) is 9.59. The van der Waals surface area contributed by atoms with E-state index in [4.69, 9.17) is 23.2 Å². The summed E-state index contributed by atoms with van der Waals surface area (Å²) in [6.45, 7) is 3.06. The minimum absolute atomic E-state index is 0.0236. The van der Waals surface area contributed by atoms with Crippen LogP contribution in [-0.4, -0.2) is 44.8 Å². The van der Waals surface area contributed by atoms with Gasteiger partial charge in [0.15, 0.2) is 0 Å². The predicted molar refractivity (Wildman–Crippen MR) is 147 cm³/mol. The maximum absolute atomic E-state index is 13.9. The molecule has 0 aromatic heterocycles. The quantitative estimate of drug-likeness (QED) is 0.375. The number of anilines is 1. The normalized spacial score (nSPS) is 12.0. The van der Waals surface area contributed by atoms with E-state index in [1.807, 2.05) is 0 Å². The van der Waals surface area contributed by atoms with Gasteiger partial charge in [-0.1, -0.05) is 72.6 Å². The predicted octanol–water partition coefficient (Wildman–Crippen LogP) is 5.05. The molecular weight excluding hydrogens is 533 g/mol. The molecule has 0 fully saturated rings. The number of hydrogen-bond donors (Lipinski definition) is 1. The molecule has 2 amide bonds. The number of carbonyl (C=O) groups excluding carboxylic acids is 2. The van der Waals surface area contributed by atoms with Gasteiger partial charge in [0, 0.05) is 23.6 Å². The molecule has 3 rings (SSSR count). The number of aryl methyl sites for hydroxylation is 1. The van der Waals surface area contributed by atoms with Crippen molar-refractivity contribution < 1.29 is 18.0 Å². The van der Waals surface area contributed by atoms with E-state index in [-0.39, 0.29) is 23.0 Å². The average molecular weight is 563 g/mol. The Balaban J connectivity index is 2.09. The van der Waals surface area contributed by atoms with Crippen LogP contribution >= 0.6 is 23.2 Å². The highest BCUT2D eigenvalue weighted by atomic mass is 35.5. The van der Waals surface area contributed by atoms with E-state index in [9.17, 15) is 18.0 Å². The topological polar surface area (TPSA) is 86.8 Å². The third-order valence-corrected chi connectivity index (χ3v) is 8.55. The Morgan fingerprint density at radius 2 is 1.59 bits per heavy atom. The summed E-state index contributed by atoms with van der Waals surface area (Å²) in [7, 11) is -2.66. The van der Waals surface area contributed by atoms with Crippen molar-refractivity contribution >= 4 is 50.7 Å². The van der Waals surface area contributed by atoms with E-state index < -0.39 is 28.5 Å². The molecule has 0 aliphatic carbocycles. The zero-order valence-corrected chi connectivity index (χ0v) is 23.1. The molecule has 3 aromatic carbocycles. The first-order valence-electron chi connectivity index (χ1n) is 11.7. The molecule has 1 N–H and O–H groups in total. The van der Waals surface area contributed by atoms with Crippen LogP contribution in [0.1, 0.15) is 24.5 Å². The second-order valence-electron chi connectivity index (χ2n) is 8.41. The highest BCUT2D eigenvalue weighted by molar-refractivity contribution is 7.92. The summed E-state index contributed by atoms with van der Waals surface area (Å²) in [5.41, 5.74) is 1.63. The van der Waals surface area contributed by atoms with E-state index in [1.54, 1.807) is 68.4 Å². The van der Waals surface area contributed by atoms with Crippen LogP contribution in [0, 0.1) is 6.92 Å². The number of rotatable bonds is 10. The van der Waals surface area contributed by atoms with Crippen LogP contribution < -0.4 is 9.62 Å². The molecule has 1 atom stereocenters. The van der Waals surface area contributed by atoms with Gasteiger partial charge < -0.3 is 10.2 Å². The third-order valence-electron chi connectivity index (χ3n) is 5.98. The molecule has 0 saturated heterocycles. The van der Waals surface area contributed by atoms with Crippen molar-refractivity contribution in [2.24, 2.45) is 0 Å². The van der Waals surface area contributed by atoms with Crippen LogP contribution in [0.4, 0.5) is 5.69 Å². The monoisotopic (exact) mass is 561 g/mol. The van der Waals surface area contributed by atoms with Gasteiger partial charge in [-0.25, -0.2) is 8.42 Å². The van der Waals surface area contributed by atoms with Crippen LogP contribution in [0.2, 0.25) is 10.0 Å². The molecule has 0 saturated carbocycles. The van der Waals surface area contributed by atoms with Crippen molar-refractivity contribution in [3.8, 4) is 0 Å². The molecule has 0 heterocycles. The van der Waals surface area contributed by atoms with Gasteiger partial charge in [-0.05, 0) is 54.8 Å². The Labute approximate surface area is 228 Å². The molecule has 0 aliphatic rings. The lowest BCUT2D eigenvalue weighted by Crippen LogP contribution is -2.51. The molecule has 0 aliphatic heterocycles. The summed E-state index contributed by atoms with van der Waals surface area (Å²) >= 11 is 12.7. The molecule has 0 unspecified atom stereocenters. The van der Waals surface area contributed by atoms with Crippen LogP contribution in [0.5, 0.6) is 0 Å². The van der Waals surface area contributed by atoms with Gasteiger partial charge in [0.05, 0.1) is 10.6 Å². The zero-order chi connectivity index (χ0) is 27.2. The van der Waals surface area contributed by atoms with E-state index >= 15 is 0 Å². The third kappa shape index (κ3) is 6.63. The Morgan fingerprint density at radius 3 is 2.19 bits per heavy atom. The van der Waals surface area contributed by atoms with Crippen molar-refractivity contribution in [3.05, 3.63) is 94.0 Å². The Bertz CT molecular complexity index is 1370. The number of hydrogen-bond acceptors (Lipinski definition) is 4. The number of nitrogens with one attached hydrogen (secondary N) is 1. The molecule has 0 radical (unpaired) electrons. The van der Waals surface area contributed by atoms with Gasteiger partial charge in [0.25, 0.3) is 10.0 Å². The first-order chi connectivity index (χ1) is 17.6. The van der Waals surface area contributed by atoms with Gasteiger partial charge in [-0.15, -0.1) is 0 Å². The fourth-order valence-electron chi connectivity index (χ4n) is 3.88. The lowest BCUT2D eigenvalue weighted by molar-refractivity contribution is -0.140. The van der Waals surface area contributed by atoms with Crippen molar-refractivity contribution in [2.75, 3.05) is 17.9 Å². The van der Waals surface area contributed by atoms with E-state index in [1.165, 1.54) is 30.1 Å². The van der Waals surface area contributed by atoms with Gasteiger partial charge in [0.2, 0.25) is 11.8 Å². The summed E-state index contributed by atoms with van der Waals surface area (Å²) in [4.78, 5) is 28.0. The lowest BCUT2D eigenvalue weighted by Gasteiger charge is -2.33. The maximum atomic E-state index is 13.9. The molecule has 7 nitrogen and oxygen atoms in total. The fraction of sp³-hybridized carbons (Fsp3) is 0.259. The van der Waals surface area contributed by atoms with E-state index in [0.29, 0.717) is 22.0 Å². The summed E-state index contributed by atoms with van der Waals surface area (Å²) in [6, 6.07) is 18.8. The van der Waals surface area contributed by atoms with Gasteiger partial charge in [-0.3, -0.25) is 13.9 Å². The van der Waals surface area contributed by atoms with E-state index in [0.717, 1.165) is 9.87 Å². The molecule has 10 heteroatoms. The van der Waals surface area contributed by atoms with Gasteiger partial charge in [0.1, 0.15) is 12.6 Å². The van der Waals surface area contributed by atoms with Gasteiger partial charge in [-0.2, -0.15) is 0 Å². The number of sulfonamides is 1. The van der Waals surface area contributed by atoms with Crippen molar-refractivity contribution in [1.29, 1.82) is 0 Å². The Morgan fingerprint density at radius 1 is 0.946 bits per heavy atom. The molecule has 0 bridgehead atoms. The van der Waals surface area contributed by atoms with Crippen molar-refractivity contribution in [2.45, 2.75) is 37.8 Å². The molecule has 3 aromatic rings. The molecular formula is C27H29Cl2N3O4S. The number of likely N-dealkylation sites (N-methyl/N-ethyl adjacent to an activating group) is 1. The average Bonchev–Trinajstić information content (AvgIpc) is 2.90. The van der Waals surface area contributed by atoms with Crippen LogP contribution in [0.15, 0.2) is 77.7 Å². The van der Waals surface area contributed by atoms with Crippen LogP contribution in [-0.2, 0) is 26.2 Å². The van der Waals surface area contributed by atoms with Crippen molar-refractivity contribution in [3.63, 3.8) is 0 Å². The molecule has 37 heavy (non-hydrogen) atoms. The molecule has 196 valence electrons. The SMILES string of the molecule is CC[C@@H](C(=O)NC)N(Cc1ccccc1Cl)C(=O)CN(c1ccc(C)c(Cl)c1)S(=O)(=O)c1ccccc1. The lowest BCUT2D eigenvalue weighted by atomic mass is 10.1. The summed E-state index contributed by atoms with van der Waals surface area (Å²) in [5, 5.41) is 3.39. The fourth-order valence-corrected chi connectivity index (χ4v) is 5.68. The minimum atomic E-state index is -4.15. The minimum Gasteiger partial charge on any atom is -0.357 e. The summed E-state index contributed by atoms with van der Waals surface area (Å²) in [6.07, 6.45) is 0.317. The number of amides is 2. The smallest absolute Gasteiger partial charge is 0.264 e. The number of halogens is 2. The second kappa shape index (κ2) is 12.4. The first kappa shape index (κ1) is 28.5. The Hall–Kier alpha value is -3.07. The second-order valence-corrected chi connectivity index (χ2v) is 11.1. The van der Waals surface area contributed by atoms with Crippen molar-refractivity contribution in [1.82, 2.24) is 10.2 Å². The first-order valence-corrected chi connectivity index (χ1v) is 13.9. The summed E-state index contributed by atoms with van der Waals surface area (Å²) in [5.74, 6) is -0.926. The summed E-state index contributed by atoms with van der Waals surface area (Å²) < 4.78 is 28.5. The standard InChI is InChI=1S/C27H29Cl2N3O4S/c1-4-25(27(34)30-3)31(17-20-10-8-9-13-23(20)28)26(33)18-32(21-15-14-19(2)24(29)16-21)37(35,36)22-11-6-5-7-12-22/h5-16,25H,4,17-18H2,1-3H3,(H,30,34)/t25-/m0/s1. The van der Waals surface area contributed by atoms with Crippen LogP contribution in [0.3, 0.4) is 0 Å². The largest absolute Gasteiger partial charge is 0.357 e. The number of benzene rings is 3. The van der Waals surface area contributed by atoms with Gasteiger partial charge >= 0.3 is 0 Å². The van der Waals surface area contributed by atoms with E-state index in [2.05, 4.69) is 5.32 Å². The van der Waals surface area contributed by atoms with Crippen LogP contribution in [0.25, 0.3) is 0 Å². The maximum Gasteiger partial charge on any atom is 0.264 e.